The molecule has 0 aliphatic heterocycles. The van der Waals surface area contributed by atoms with Crippen molar-refractivity contribution in [2.45, 2.75) is 0 Å². The van der Waals surface area contributed by atoms with Gasteiger partial charge in [0, 0.05) is 44.9 Å². The van der Waals surface area contributed by atoms with Gasteiger partial charge in [-0.2, -0.15) is 10.2 Å². The highest BCUT2D eigenvalue weighted by Crippen LogP contribution is 2.02. The molecule has 29 heavy (non-hydrogen) atoms. The number of hydrogen-bond donors (Lipinski definition) is 3. The predicted octanol–water partition coefficient (Wildman–Crippen LogP) is 1.29. The maximum Gasteiger partial charge on any atom is 0.279 e. The van der Waals surface area contributed by atoms with E-state index in [0.717, 1.165) is 4.60 Å². The Balaban J connectivity index is 0.000000170. The van der Waals surface area contributed by atoms with Crippen LogP contribution in [0, 0.1) is 0 Å². The molecular formula is C18H21BrN8O2. The summed E-state index contributed by atoms with van der Waals surface area (Å²) >= 11 is 3.20. The van der Waals surface area contributed by atoms with Gasteiger partial charge in [-0.3, -0.25) is 23.5 Å². The molecule has 0 saturated heterocycles. The van der Waals surface area contributed by atoms with Crippen LogP contribution in [0.25, 0.3) is 5.82 Å². The van der Waals surface area contributed by atoms with E-state index in [9.17, 15) is 9.59 Å². The topological polar surface area (TPSA) is 143 Å². The standard InChI is InChI=1S/C9H10N4O.C5H6N2O.C4H5BrN2/c1-12-6-4-8(11-12)13-5-2-3-7(10)9(13)14;6-4-2-1-3-7-5(4)8;1-7-3-2-4(5)6-7/h2-6H,10H2,1H3;1-3H,6H2,(H,7,8);2-3H,1H3. The fourth-order valence-electron chi connectivity index (χ4n) is 2.04. The van der Waals surface area contributed by atoms with E-state index in [1.165, 1.54) is 4.57 Å². The average molecular weight is 461 g/mol. The van der Waals surface area contributed by atoms with Crippen molar-refractivity contribution in [3.05, 3.63) is 86.5 Å². The van der Waals surface area contributed by atoms with Crippen molar-refractivity contribution in [2.75, 3.05) is 11.5 Å². The molecule has 10 nitrogen and oxygen atoms in total. The van der Waals surface area contributed by atoms with Gasteiger partial charge in [-0.15, -0.1) is 0 Å². The Labute approximate surface area is 174 Å². The first-order valence-electron chi connectivity index (χ1n) is 8.33. The number of nitrogens with two attached hydrogens (primary N) is 2. The van der Waals surface area contributed by atoms with Crippen LogP contribution in [0.15, 0.2) is 75.4 Å². The minimum atomic E-state index is -0.244. The van der Waals surface area contributed by atoms with Crippen LogP contribution >= 0.6 is 15.9 Å². The van der Waals surface area contributed by atoms with Crippen molar-refractivity contribution in [3.8, 4) is 5.82 Å². The van der Waals surface area contributed by atoms with Gasteiger partial charge in [0.15, 0.2) is 5.82 Å². The van der Waals surface area contributed by atoms with Crippen LogP contribution in [0.4, 0.5) is 11.4 Å². The molecule has 0 bridgehead atoms. The SMILES string of the molecule is Cn1ccc(-n2cccc(N)c2=O)n1.Cn1ccc(Br)n1.Nc1ccc[nH]c1=O. The van der Waals surface area contributed by atoms with Crippen molar-refractivity contribution >= 4 is 27.3 Å². The van der Waals surface area contributed by atoms with E-state index in [-0.39, 0.29) is 22.5 Å². The maximum atomic E-state index is 11.6. The van der Waals surface area contributed by atoms with Crippen molar-refractivity contribution in [1.82, 2.24) is 29.1 Å². The normalized spacial score (nSPS) is 9.76. The first-order chi connectivity index (χ1) is 13.8. The second-order valence-electron chi connectivity index (χ2n) is 5.75. The number of nitrogens with one attached hydrogen (secondary N) is 1. The zero-order chi connectivity index (χ0) is 21.4. The predicted molar refractivity (Wildman–Crippen MR) is 116 cm³/mol. The van der Waals surface area contributed by atoms with Crippen LogP contribution in [0.1, 0.15) is 0 Å². The first kappa shape index (κ1) is 21.7. The minimum Gasteiger partial charge on any atom is -0.394 e. The summed E-state index contributed by atoms with van der Waals surface area (Å²) in [6.45, 7) is 0. The quantitative estimate of drug-likeness (QED) is 0.390. The van der Waals surface area contributed by atoms with Gasteiger partial charge in [0.25, 0.3) is 11.1 Å². The highest BCUT2D eigenvalue weighted by molar-refractivity contribution is 9.10. The second-order valence-corrected chi connectivity index (χ2v) is 6.57. The van der Waals surface area contributed by atoms with Gasteiger partial charge < -0.3 is 16.5 Å². The van der Waals surface area contributed by atoms with Gasteiger partial charge in [-0.1, -0.05) is 0 Å². The highest BCUT2D eigenvalue weighted by atomic mass is 79.9. The number of halogens is 1. The Kier molecular flexibility index (Phi) is 7.54. The molecule has 11 heteroatoms. The van der Waals surface area contributed by atoms with Crippen molar-refractivity contribution in [1.29, 1.82) is 0 Å². The third-order valence-corrected chi connectivity index (χ3v) is 3.88. The van der Waals surface area contributed by atoms with Gasteiger partial charge in [0.05, 0.1) is 11.4 Å². The Hall–Kier alpha value is -3.60. The van der Waals surface area contributed by atoms with E-state index in [0.29, 0.717) is 5.82 Å². The molecule has 4 aromatic heterocycles. The molecular weight excluding hydrogens is 440 g/mol. The van der Waals surface area contributed by atoms with E-state index in [1.54, 1.807) is 65.3 Å². The molecule has 0 radical (unpaired) electrons. The van der Waals surface area contributed by atoms with E-state index in [2.05, 4.69) is 31.1 Å². The largest absolute Gasteiger partial charge is 0.394 e. The van der Waals surface area contributed by atoms with Crippen LogP contribution in [-0.2, 0) is 14.1 Å². The summed E-state index contributed by atoms with van der Waals surface area (Å²) in [6, 6.07) is 10.2. The Morgan fingerprint density at radius 2 is 1.55 bits per heavy atom. The van der Waals surface area contributed by atoms with Crippen LogP contribution in [0.3, 0.4) is 0 Å². The fourth-order valence-corrected chi connectivity index (χ4v) is 2.41. The van der Waals surface area contributed by atoms with Gasteiger partial charge in [-0.05, 0) is 46.3 Å². The number of aryl methyl sites for hydroxylation is 2. The molecule has 5 N–H and O–H groups in total. The van der Waals surface area contributed by atoms with E-state index in [4.69, 9.17) is 11.5 Å². The number of anilines is 2. The molecule has 152 valence electrons. The summed E-state index contributed by atoms with van der Waals surface area (Å²) in [5.41, 5.74) is 10.7. The number of hydrogen-bond acceptors (Lipinski definition) is 6. The lowest BCUT2D eigenvalue weighted by atomic mass is 10.4. The molecule has 0 saturated carbocycles. The molecule has 4 rings (SSSR count). The molecule has 0 amide bonds. The van der Waals surface area contributed by atoms with Gasteiger partial charge in [0.1, 0.15) is 4.60 Å². The molecule has 0 aliphatic rings. The summed E-state index contributed by atoms with van der Waals surface area (Å²) in [5.74, 6) is 0.574. The van der Waals surface area contributed by atoms with Crippen molar-refractivity contribution in [3.63, 3.8) is 0 Å². The van der Waals surface area contributed by atoms with Gasteiger partial charge in [0.2, 0.25) is 0 Å². The van der Waals surface area contributed by atoms with Crippen LogP contribution in [0.2, 0.25) is 0 Å². The second kappa shape index (κ2) is 10.1. The van der Waals surface area contributed by atoms with Crippen LogP contribution < -0.4 is 22.6 Å². The summed E-state index contributed by atoms with van der Waals surface area (Å²) in [4.78, 5) is 24.4. The van der Waals surface area contributed by atoms with Crippen LogP contribution in [-0.4, -0.2) is 29.1 Å². The molecule has 4 aromatic rings. The minimum absolute atomic E-state index is 0.221. The lowest BCUT2D eigenvalue weighted by Gasteiger charge is -2.01. The average Bonchev–Trinajstić information content (AvgIpc) is 3.28. The number of aromatic nitrogens is 6. The summed E-state index contributed by atoms with van der Waals surface area (Å²) in [7, 11) is 3.67. The van der Waals surface area contributed by atoms with E-state index >= 15 is 0 Å². The van der Waals surface area contributed by atoms with Crippen molar-refractivity contribution in [2.24, 2.45) is 14.1 Å². The molecule has 0 aliphatic carbocycles. The summed E-state index contributed by atoms with van der Waals surface area (Å²) < 4.78 is 5.67. The highest BCUT2D eigenvalue weighted by Gasteiger charge is 2.03. The third-order valence-electron chi connectivity index (χ3n) is 3.45. The summed E-state index contributed by atoms with van der Waals surface area (Å²) in [6.07, 6.45) is 6.83. The number of nitrogens with zero attached hydrogens (tertiary/aromatic N) is 5. The zero-order valence-electron chi connectivity index (χ0n) is 15.9. The zero-order valence-corrected chi connectivity index (χ0v) is 17.4. The van der Waals surface area contributed by atoms with E-state index < -0.39 is 0 Å². The molecule has 0 aromatic carbocycles. The van der Waals surface area contributed by atoms with Gasteiger partial charge >= 0.3 is 0 Å². The van der Waals surface area contributed by atoms with E-state index in [1.807, 2.05) is 19.3 Å². The third kappa shape index (κ3) is 6.50. The van der Waals surface area contributed by atoms with Crippen molar-refractivity contribution < 1.29 is 0 Å². The van der Waals surface area contributed by atoms with Gasteiger partial charge in [-0.25, -0.2) is 0 Å². The molecule has 0 fully saturated rings. The molecule has 0 unspecified atom stereocenters. The Morgan fingerprint density at radius 3 is 2.00 bits per heavy atom. The maximum absolute atomic E-state index is 11.6. The monoisotopic (exact) mass is 460 g/mol. The number of H-pyrrole nitrogens is 1. The first-order valence-corrected chi connectivity index (χ1v) is 9.12. The molecule has 0 atom stereocenters. The number of rotatable bonds is 1. The number of nitrogen functional groups attached to an aromatic ring is 2. The molecule has 4 heterocycles. The number of aromatic amines is 1. The fraction of sp³-hybridized carbons (Fsp3) is 0.111. The number of pyridine rings is 2. The van der Waals surface area contributed by atoms with Crippen LogP contribution in [0.5, 0.6) is 0 Å². The lowest BCUT2D eigenvalue weighted by Crippen LogP contribution is -2.20. The Bertz CT molecular complexity index is 1160. The smallest absolute Gasteiger partial charge is 0.279 e. The lowest BCUT2D eigenvalue weighted by molar-refractivity contribution is 0.747. The molecule has 0 spiro atoms. The summed E-state index contributed by atoms with van der Waals surface area (Å²) in [5, 5.41) is 8.05. The Morgan fingerprint density at radius 1 is 0.897 bits per heavy atom.